The summed E-state index contributed by atoms with van der Waals surface area (Å²) in [6.07, 6.45) is 0.829. The van der Waals surface area contributed by atoms with Crippen LogP contribution in [0.1, 0.15) is 66.4 Å². The van der Waals surface area contributed by atoms with Gasteiger partial charge in [-0.2, -0.15) is 0 Å². The van der Waals surface area contributed by atoms with Crippen molar-refractivity contribution in [2.75, 3.05) is 13.7 Å². The van der Waals surface area contributed by atoms with Gasteiger partial charge in [-0.25, -0.2) is 14.2 Å². The summed E-state index contributed by atoms with van der Waals surface area (Å²) in [6.45, 7) is 8.45. The summed E-state index contributed by atoms with van der Waals surface area (Å²) in [7, 11) is 1.55. The minimum absolute atomic E-state index is 0.0822. The van der Waals surface area contributed by atoms with Crippen LogP contribution in [0, 0.1) is 11.7 Å². The normalized spacial score (nSPS) is 12.1. The Hall–Kier alpha value is -4.00. The van der Waals surface area contributed by atoms with Crippen molar-refractivity contribution in [2.24, 2.45) is 5.92 Å². The number of rotatable bonds is 8. The number of ether oxygens (including phenoxy) is 1. The van der Waals surface area contributed by atoms with Gasteiger partial charge in [0.2, 0.25) is 5.71 Å². The Morgan fingerprint density at radius 3 is 2.43 bits per heavy atom. The van der Waals surface area contributed by atoms with E-state index in [2.05, 4.69) is 19.2 Å². The fourth-order valence-corrected chi connectivity index (χ4v) is 4.13. The fraction of sp³-hybridized carbons (Fsp3) is 0.300. The summed E-state index contributed by atoms with van der Waals surface area (Å²) in [5.74, 6) is -0.474. The van der Waals surface area contributed by atoms with Crippen molar-refractivity contribution in [3.63, 3.8) is 0 Å². The van der Waals surface area contributed by atoms with E-state index in [0.29, 0.717) is 40.2 Å². The number of esters is 1. The van der Waals surface area contributed by atoms with E-state index in [1.54, 1.807) is 31.3 Å². The van der Waals surface area contributed by atoms with E-state index in [0.717, 1.165) is 23.2 Å². The van der Waals surface area contributed by atoms with Crippen LogP contribution in [0.25, 0.3) is 33.6 Å². The highest BCUT2D eigenvalue weighted by Gasteiger charge is 2.25. The van der Waals surface area contributed by atoms with Crippen molar-refractivity contribution in [2.45, 2.75) is 40.0 Å². The Bertz CT molecular complexity index is 1440. The van der Waals surface area contributed by atoms with E-state index >= 15 is 0 Å². The van der Waals surface area contributed by atoms with Crippen molar-refractivity contribution in [1.82, 2.24) is 10.3 Å². The van der Waals surface area contributed by atoms with Gasteiger partial charge in [-0.1, -0.05) is 39.8 Å². The zero-order valence-corrected chi connectivity index (χ0v) is 21.7. The average Bonchev–Trinajstić information content (AvgIpc) is 3.29. The van der Waals surface area contributed by atoms with E-state index in [1.807, 2.05) is 32.0 Å². The van der Waals surface area contributed by atoms with Gasteiger partial charge in [0.15, 0.2) is 0 Å². The van der Waals surface area contributed by atoms with Gasteiger partial charge in [-0.3, -0.25) is 4.79 Å². The minimum Gasteiger partial charge on any atom is -0.462 e. The van der Waals surface area contributed by atoms with Crippen LogP contribution in [0.4, 0.5) is 4.39 Å². The molecular formula is C30H31FN2O4. The first-order valence-corrected chi connectivity index (χ1v) is 12.5. The monoisotopic (exact) mass is 502 g/mol. The summed E-state index contributed by atoms with van der Waals surface area (Å²) in [5, 5.41) is 3.21. The number of furan rings is 1. The number of amides is 1. The SMILES string of the molecule is CCC(C)c1nc2oc(-c3ccc(F)cc3)c(C(=O)NC)c2cc1-c1cccc(C(=O)OCC(C)C)c1. The molecule has 6 nitrogen and oxygen atoms in total. The van der Waals surface area contributed by atoms with Gasteiger partial charge in [0.05, 0.1) is 28.8 Å². The van der Waals surface area contributed by atoms with Gasteiger partial charge >= 0.3 is 5.97 Å². The molecule has 1 N–H and O–H groups in total. The number of carbonyl (C=O) groups excluding carboxylic acids is 2. The molecule has 1 unspecified atom stereocenters. The van der Waals surface area contributed by atoms with Crippen LogP contribution in [0.2, 0.25) is 0 Å². The molecule has 2 heterocycles. The maximum atomic E-state index is 13.6. The van der Waals surface area contributed by atoms with E-state index in [-0.39, 0.29) is 29.5 Å². The lowest BCUT2D eigenvalue weighted by molar-refractivity contribution is 0.0459. The van der Waals surface area contributed by atoms with Crippen molar-refractivity contribution in [1.29, 1.82) is 0 Å². The van der Waals surface area contributed by atoms with Crippen LogP contribution in [0.3, 0.4) is 0 Å². The Balaban J connectivity index is 1.92. The van der Waals surface area contributed by atoms with Crippen molar-refractivity contribution < 1.29 is 23.1 Å². The van der Waals surface area contributed by atoms with E-state index in [1.165, 1.54) is 12.1 Å². The molecule has 192 valence electrons. The third-order valence-electron chi connectivity index (χ3n) is 6.31. The fourth-order valence-electron chi connectivity index (χ4n) is 4.13. The Morgan fingerprint density at radius 2 is 1.78 bits per heavy atom. The first-order valence-electron chi connectivity index (χ1n) is 12.5. The number of nitrogens with zero attached hydrogens (tertiary/aromatic N) is 1. The van der Waals surface area contributed by atoms with Crippen LogP contribution in [-0.4, -0.2) is 30.5 Å². The highest BCUT2D eigenvalue weighted by atomic mass is 19.1. The topological polar surface area (TPSA) is 81.4 Å². The lowest BCUT2D eigenvalue weighted by Crippen LogP contribution is -2.18. The molecule has 0 fully saturated rings. The van der Waals surface area contributed by atoms with Crippen LogP contribution in [0.5, 0.6) is 0 Å². The highest BCUT2D eigenvalue weighted by Crippen LogP contribution is 2.38. The van der Waals surface area contributed by atoms with Gasteiger partial charge in [0.25, 0.3) is 5.91 Å². The maximum Gasteiger partial charge on any atom is 0.338 e. The lowest BCUT2D eigenvalue weighted by atomic mass is 9.92. The van der Waals surface area contributed by atoms with Crippen LogP contribution < -0.4 is 5.32 Å². The number of benzene rings is 2. The summed E-state index contributed by atoms with van der Waals surface area (Å²) < 4.78 is 25.1. The molecule has 0 radical (unpaired) electrons. The minimum atomic E-state index is -0.386. The van der Waals surface area contributed by atoms with Crippen LogP contribution >= 0.6 is 0 Å². The second-order valence-electron chi connectivity index (χ2n) is 9.55. The molecular weight excluding hydrogens is 471 g/mol. The molecule has 7 heteroatoms. The second-order valence-corrected chi connectivity index (χ2v) is 9.55. The number of nitrogens with one attached hydrogen (secondary N) is 1. The molecule has 0 bridgehead atoms. The molecule has 0 aliphatic heterocycles. The smallest absolute Gasteiger partial charge is 0.338 e. The number of hydrogen-bond acceptors (Lipinski definition) is 5. The molecule has 0 aliphatic rings. The molecule has 0 saturated heterocycles. The largest absolute Gasteiger partial charge is 0.462 e. The maximum absolute atomic E-state index is 13.6. The summed E-state index contributed by atoms with van der Waals surface area (Å²) >= 11 is 0. The van der Waals surface area contributed by atoms with Gasteiger partial charge < -0.3 is 14.5 Å². The van der Waals surface area contributed by atoms with E-state index < -0.39 is 0 Å². The quantitative estimate of drug-likeness (QED) is 0.263. The molecule has 2 aromatic heterocycles. The van der Waals surface area contributed by atoms with E-state index in [9.17, 15) is 14.0 Å². The Morgan fingerprint density at radius 1 is 1.05 bits per heavy atom. The third kappa shape index (κ3) is 5.40. The zero-order chi connectivity index (χ0) is 26.7. The first kappa shape index (κ1) is 26.1. The number of fused-ring (bicyclic) bond motifs is 1. The predicted molar refractivity (Wildman–Crippen MR) is 142 cm³/mol. The van der Waals surface area contributed by atoms with Gasteiger partial charge in [-0.15, -0.1) is 0 Å². The average molecular weight is 503 g/mol. The van der Waals surface area contributed by atoms with E-state index in [4.69, 9.17) is 14.1 Å². The number of hydrogen-bond donors (Lipinski definition) is 1. The molecule has 1 atom stereocenters. The van der Waals surface area contributed by atoms with Crippen molar-refractivity contribution in [3.05, 3.63) is 77.2 Å². The lowest BCUT2D eigenvalue weighted by Gasteiger charge is -2.15. The summed E-state index contributed by atoms with van der Waals surface area (Å²) in [5.41, 5.74) is 4.04. The Kier molecular flexibility index (Phi) is 7.71. The molecule has 0 spiro atoms. The molecule has 0 aliphatic carbocycles. The molecule has 4 rings (SSSR count). The standard InChI is InChI=1S/C30H31FN2O4/c1-6-18(4)26-23(20-8-7-9-21(14-20)30(35)36-16-17(2)3)15-24-25(28(34)32-5)27(37-29(24)33-26)19-10-12-22(31)13-11-19/h7-15,17-18H,6,16H2,1-5H3,(H,32,34). The van der Waals surface area contributed by atoms with Crippen molar-refractivity contribution >= 4 is 23.0 Å². The Labute approximate surface area is 215 Å². The van der Waals surface area contributed by atoms with Gasteiger partial charge in [0.1, 0.15) is 11.6 Å². The summed E-state index contributed by atoms with van der Waals surface area (Å²) in [6, 6.07) is 14.9. The molecule has 2 aromatic carbocycles. The summed E-state index contributed by atoms with van der Waals surface area (Å²) in [4.78, 5) is 30.5. The first-order chi connectivity index (χ1) is 17.7. The highest BCUT2D eigenvalue weighted by molar-refractivity contribution is 6.11. The third-order valence-corrected chi connectivity index (χ3v) is 6.31. The number of carbonyl (C=O) groups is 2. The zero-order valence-electron chi connectivity index (χ0n) is 21.7. The molecule has 4 aromatic rings. The predicted octanol–water partition coefficient (Wildman–Crippen LogP) is 6.99. The van der Waals surface area contributed by atoms with Gasteiger partial charge in [-0.05, 0) is 66.3 Å². The van der Waals surface area contributed by atoms with Crippen LogP contribution in [-0.2, 0) is 4.74 Å². The molecule has 1 amide bonds. The number of pyridine rings is 1. The van der Waals surface area contributed by atoms with Crippen molar-refractivity contribution in [3.8, 4) is 22.5 Å². The molecule has 37 heavy (non-hydrogen) atoms. The number of halogens is 1. The number of aromatic nitrogens is 1. The van der Waals surface area contributed by atoms with Gasteiger partial charge in [0, 0.05) is 18.2 Å². The van der Waals surface area contributed by atoms with Crippen LogP contribution in [0.15, 0.2) is 59.0 Å². The second kappa shape index (κ2) is 10.9. The molecule has 0 saturated carbocycles.